The highest BCUT2D eigenvalue weighted by Crippen LogP contribution is 2.35. The molecule has 0 spiro atoms. The average molecular weight is 518 g/mol. The van der Waals surface area contributed by atoms with Gasteiger partial charge in [-0.2, -0.15) is 4.89 Å². The van der Waals surface area contributed by atoms with E-state index in [2.05, 4.69) is 4.98 Å². The second-order valence-corrected chi connectivity index (χ2v) is 9.06. The van der Waals surface area contributed by atoms with Crippen molar-refractivity contribution in [3.63, 3.8) is 0 Å². The Labute approximate surface area is 214 Å². The summed E-state index contributed by atoms with van der Waals surface area (Å²) in [5.74, 6) is 0.851. The van der Waals surface area contributed by atoms with Gasteiger partial charge in [-0.3, -0.25) is 9.87 Å². The van der Waals surface area contributed by atoms with E-state index in [9.17, 15) is 4.79 Å². The van der Waals surface area contributed by atoms with E-state index in [4.69, 9.17) is 37.7 Å². The maximum atomic E-state index is 11.9. The van der Waals surface area contributed by atoms with Crippen LogP contribution in [-0.4, -0.2) is 24.7 Å². The molecule has 0 aliphatic heterocycles. The van der Waals surface area contributed by atoms with Crippen LogP contribution in [-0.2, 0) is 26.7 Å². The quantitative estimate of drug-likeness (QED) is 0.0831. The van der Waals surface area contributed by atoms with Gasteiger partial charge >= 0.3 is 5.97 Å². The van der Waals surface area contributed by atoms with Crippen LogP contribution >= 0.6 is 35.0 Å². The first-order chi connectivity index (χ1) is 16.5. The summed E-state index contributed by atoms with van der Waals surface area (Å²) in [7, 11) is 1.65. The number of carbonyl (C=O) groups is 1. The molecule has 0 fully saturated rings. The predicted octanol–water partition coefficient (Wildman–Crippen LogP) is 7.20. The standard InChI is InChI=1S/C26H25Cl2NO4S/c1-31-22-14-11-19(12-15-22)6-2-3-17-32-33-25(30)16-13-20-7-4-8-21(29-20)18-34-26-23(27)9-5-10-24(26)28/h4-5,7-16H,2-3,6,17-18H2,1H3. The Morgan fingerprint density at radius 3 is 2.47 bits per heavy atom. The van der Waals surface area contributed by atoms with E-state index in [0.717, 1.165) is 35.6 Å². The van der Waals surface area contributed by atoms with Gasteiger partial charge in [0.05, 0.1) is 35.1 Å². The van der Waals surface area contributed by atoms with Crippen molar-refractivity contribution in [2.75, 3.05) is 13.7 Å². The van der Waals surface area contributed by atoms with Gasteiger partial charge in [0.2, 0.25) is 0 Å². The summed E-state index contributed by atoms with van der Waals surface area (Å²) in [6.45, 7) is 0.339. The molecular weight excluding hydrogens is 493 g/mol. The molecule has 0 aliphatic rings. The number of nitrogens with zero attached hydrogens (tertiary/aromatic N) is 1. The second-order valence-electron chi connectivity index (χ2n) is 7.26. The maximum absolute atomic E-state index is 11.9. The van der Waals surface area contributed by atoms with Crippen LogP contribution in [0.4, 0.5) is 0 Å². The third kappa shape index (κ3) is 8.69. The van der Waals surface area contributed by atoms with Crippen LogP contribution in [0.2, 0.25) is 10.0 Å². The number of methoxy groups -OCH3 is 1. The molecule has 8 heteroatoms. The molecule has 1 aromatic heterocycles. The van der Waals surface area contributed by atoms with Gasteiger partial charge < -0.3 is 4.74 Å². The summed E-state index contributed by atoms with van der Waals surface area (Å²) in [6.07, 6.45) is 5.51. The van der Waals surface area contributed by atoms with Crippen LogP contribution in [0, 0.1) is 0 Å². The van der Waals surface area contributed by atoms with Gasteiger partial charge in [-0.15, -0.1) is 11.8 Å². The maximum Gasteiger partial charge on any atom is 0.366 e. The summed E-state index contributed by atoms with van der Waals surface area (Å²) in [5.41, 5.74) is 2.70. The number of aryl methyl sites for hydroxylation is 1. The molecule has 0 unspecified atom stereocenters. The molecule has 0 N–H and O–H groups in total. The Kier molecular flexibility index (Phi) is 10.8. The highest BCUT2D eigenvalue weighted by atomic mass is 35.5. The van der Waals surface area contributed by atoms with Crippen LogP contribution in [0.25, 0.3) is 6.08 Å². The molecule has 5 nitrogen and oxygen atoms in total. The lowest BCUT2D eigenvalue weighted by molar-refractivity contribution is -0.267. The van der Waals surface area contributed by atoms with Gasteiger partial charge in [0.25, 0.3) is 0 Å². The molecule has 0 bridgehead atoms. The Bertz CT molecular complexity index is 1090. The molecule has 178 valence electrons. The summed E-state index contributed by atoms with van der Waals surface area (Å²) in [4.78, 5) is 27.1. The van der Waals surface area contributed by atoms with Crippen molar-refractivity contribution in [1.29, 1.82) is 0 Å². The first-order valence-corrected chi connectivity index (χ1v) is 12.5. The topological polar surface area (TPSA) is 57.7 Å². The molecule has 2 aromatic carbocycles. The fourth-order valence-corrected chi connectivity index (χ4v) is 4.59. The fraction of sp³-hybridized carbons (Fsp3) is 0.231. The summed E-state index contributed by atoms with van der Waals surface area (Å²) >= 11 is 13.9. The molecule has 0 saturated carbocycles. The second kappa shape index (κ2) is 14.0. The number of carbonyl (C=O) groups excluding carboxylic acids is 1. The molecule has 0 amide bonds. The fourth-order valence-electron chi connectivity index (χ4n) is 3.00. The molecule has 34 heavy (non-hydrogen) atoms. The zero-order valence-electron chi connectivity index (χ0n) is 18.7. The van der Waals surface area contributed by atoms with Crippen molar-refractivity contribution < 1.29 is 19.3 Å². The van der Waals surface area contributed by atoms with E-state index in [0.29, 0.717) is 28.1 Å². The lowest BCUT2D eigenvalue weighted by atomic mass is 10.1. The minimum Gasteiger partial charge on any atom is -0.497 e. The third-order valence-corrected chi connectivity index (χ3v) is 6.77. The van der Waals surface area contributed by atoms with Crippen molar-refractivity contribution in [3.05, 3.63) is 93.7 Å². The largest absolute Gasteiger partial charge is 0.497 e. The Morgan fingerprint density at radius 2 is 1.74 bits per heavy atom. The number of halogens is 2. The normalized spacial score (nSPS) is 11.0. The molecule has 3 aromatic rings. The van der Waals surface area contributed by atoms with Gasteiger partial charge in [-0.1, -0.05) is 47.5 Å². The molecule has 3 rings (SSSR count). The summed E-state index contributed by atoms with van der Waals surface area (Å²) in [6, 6.07) is 19.0. The van der Waals surface area contributed by atoms with E-state index in [1.807, 2.05) is 42.5 Å². The Balaban J connectivity index is 1.36. The number of pyridine rings is 1. The van der Waals surface area contributed by atoms with Crippen molar-refractivity contribution in [3.8, 4) is 5.75 Å². The van der Waals surface area contributed by atoms with Gasteiger partial charge in [-0.25, -0.2) is 4.79 Å². The third-order valence-electron chi connectivity index (χ3n) is 4.75. The average Bonchev–Trinajstić information content (AvgIpc) is 2.85. The van der Waals surface area contributed by atoms with Gasteiger partial charge in [0.1, 0.15) is 5.75 Å². The lowest BCUT2D eigenvalue weighted by Gasteiger charge is -2.06. The lowest BCUT2D eigenvalue weighted by Crippen LogP contribution is -2.03. The van der Waals surface area contributed by atoms with Crippen LogP contribution in [0.3, 0.4) is 0 Å². The van der Waals surface area contributed by atoms with E-state index < -0.39 is 5.97 Å². The number of rotatable bonds is 12. The van der Waals surface area contributed by atoms with Gasteiger partial charge in [-0.05, 0) is 67.3 Å². The minimum absolute atomic E-state index is 0.339. The number of benzene rings is 2. The number of hydrogen-bond donors (Lipinski definition) is 0. The SMILES string of the molecule is COc1ccc(CCCCOOC(=O)C=Cc2cccc(CSc3c(Cl)cccc3Cl)n2)cc1. The van der Waals surface area contributed by atoms with Crippen molar-refractivity contribution in [2.24, 2.45) is 0 Å². The number of unbranched alkanes of at least 4 members (excludes halogenated alkanes) is 1. The number of hydrogen-bond acceptors (Lipinski definition) is 6. The number of aromatic nitrogens is 1. The first-order valence-electron chi connectivity index (χ1n) is 10.7. The van der Waals surface area contributed by atoms with Crippen molar-refractivity contribution in [2.45, 2.75) is 29.9 Å². The zero-order chi connectivity index (χ0) is 24.2. The molecule has 0 saturated heterocycles. The van der Waals surface area contributed by atoms with Crippen LogP contribution in [0.5, 0.6) is 5.75 Å². The number of ether oxygens (including phenoxy) is 1. The predicted molar refractivity (Wildman–Crippen MR) is 137 cm³/mol. The van der Waals surface area contributed by atoms with Crippen LogP contribution < -0.4 is 4.74 Å². The highest BCUT2D eigenvalue weighted by Gasteiger charge is 2.07. The highest BCUT2D eigenvalue weighted by molar-refractivity contribution is 7.98. The summed E-state index contributed by atoms with van der Waals surface area (Å²) in [5, 5.41) is 1.22. The molecule has 1 heterocycles. The van der Waals surface area contributed by atoms with E-state index in [1.165, 1.54) is 23.4 Å². The Morgan fingerprint density at radius 1 is 1.00 bits per heavy atom. The first kappa shape index (κ1) is 26.1. The van der Waals surface area contributed by atoms with Gasteiger partial charge in [0, 0.05) is 16.7 Å². The molecule has 0 aliphatic carbocycles. The zero-order valence-corrected chi connectivity index (χ0v) is 21.0. The molecule has 0 atom stereocenters. The van der Waals surface area contributed by atoms with Crippen LogP contribution in [0.15, 0.2) is 71.6 Å². The summed E-state index contributed by atoms with van der Waals surface area (Å²) < 4.78 is 5.15. The number of thioether (sulfide) groups is 1. The Hall–Kier alpha value is -2.51. The van der Waals surface area contributed by atoms with E-state index >= 15 is 0 Å². The smallest absolute Gasteiger partial charge is 0.366 e. The van der Waals surface area contributed by atoms with E-state index in [-0.39, 0.29) is 0 Å². The van der Waals surface area contributed by atoms with E-state index in [1.54, 1.807) is 31.4 Å². The van der Waals surface area contributed by atoms with Gasteiger partial charge in [0.15, 0.2) is 0 Å². The molecular formula is C26H25Cl2NO4S. The molecule has 0 radical (unpaired) electrons. The van der Waals surface area contributed by atoms with Crippen molar-refractivity contribution >= 4 is 47.0 Å². The monoisotopic (exact) mass is 517 g/mol. The van der Waals surface area contributed by atoms with Crippen LogP contribution in [0.1, 0.15) is 29.8 Å². The minimum atomic E-state index is -0.584. The van der Waals surface area contributed by atoms with Crippen molar-refractivity contribution in [1.82, 2.24) is 4.98 Å².